The van der Waals surface area contributed by atoms with E-state index in [0.717, 1.165) is 34.4 Å². The van der Waals surface area contributed by atoms with Crippen LogP contribution in [0, 0.1) is 6.92 Å². The Bertz CT molecular complexity index is 643. The highest BCUT2D eigenvalue weighted by atomic mass is 79.9. The van der Waals surface area contributed by atoms with Crippen LogP contribution in [0.2, 0.25) is 0 Å². The van der Waals surface area contributed by atoms with Crippen molar-refractivity contribution in [2.24, 2.45) is 0 Å². The van der Waals surface area contributed by atoms with E-state index in [1.54, 1.807) is 12.4 Å². The first kappa shape index (κ1) is 15.5. The van der Waals surface area contributed by atoms with E-state index in [1.165, 1.54) is 0 Å². The molecule has 4 nitrogen and oxygen atoms in total. The molecule has 0 aliphatic carbocycles. The Hall–Kier alpha value is -1.88. The summed E-state index contributed by atoms with van der Waals surface area (Å²) in [7, 11) is 0. The Balaban J connectivity index is 2.22. The van der Waals surface area contributed by atoms with Gasteiger partial charge >= 0.3 is 0 Å². The summed E-state index contributed by atoms with van der Waals surface area (Å²) in [6.07, 6.45) is 4.26. The summed E-state index contributed by atoms with van der Waals surface area (Å²) in [5.41, 5.74) is 3.15. The Morgan fingerprint density at radius 1 is 1.29 bits per heavy atom. The van der Waals surface area contributed by atoms with Crippen LogP contribution in [0.3, 0.4) is 0 Å². The van der Waals surface area contributed by atoms with Crippen molar-refractivity contribution < 1.29 is 4.79 Å². The van der Waals surface area contributed by atoms with Crippen LogP contribution >= 0.6 is 15.9 Å². The average Bonchev–Trinajstić information content (AvgIpc) is 2.49. The van der Waals surface area contributed by atoms with Gasteiger partial charge in [0.05, 0.1) is 11.3 Å². The third kappa shape index (κ3) is 4.04. The Morgan fingerprint density at radius 2 is 2.10 bits per heavy atom. The lowest BCUT2D eigenvalue weighted by Crippen LogP contribution is -2.16. The van der Waals surface area contributed by atoms with Crippen LogP contribution in [-0.4, -0.2) is 17.4 Å². The van der Waals surface area contributed by atoms with Crippen LogP contribution in [0.25, 0.3) is 0 Å². The molecule has 0 atom stereocenters. The van der Waals surface area contributed by atoms with Gasteiger partial charge in [-0.2, -0.15) is 0 Å². The molecule has 2 aromatic rings. The lowest BCUT2D eigenvalue weighted by molar-refractivity contribution is 0.102. The van der Waals surface area contributed by atoms with Crippen molar-refractivity contribution >= 4 is 33.2 Å². The van der Waals surface area contributed by atoms with Gasteiger partial charge in [0.15, 0.2) is 0 Å². The zero-order chi connectivity index (χ0) is 15.2. The molecule has 110 valence electrons. The van der Waals surface area contributed by atoms with Gasteiger partial charge in [-0.3, -0.25) is 9.78 Å². The number of carbonyl (C=O) groups excluding carboxylic acids is 1. The topological polar surface area (TPSA) is 54.0 Å². The summed E-state index contributed by atoms with van der Waals surface area (Å²) in [5.74, 6) is -0.164. The minimum Gasteiger partial charge on any atom is -0.384 e. The van der Waals surface area contributed by atoms with Gasteiger partial charge in [0.25, 0.3) is 5.91 Å². The number of aryl methyl sites for hydroxylation is 1. The largest absolute Gasteiger partial charge is 0.384 e. The van der Waals surface area contributed by atoms with E-state index in [2.05, 4.69) is 38.5 Å². The van der Waals surface area contributed by atoms with Gasteiger partial charge in [0.2, 0.25) is 0 Å². The van der Waals surface area contributed by atoms with E-state index in [1.807, 2.05) is 31.2 Å². The van der Waals surface area contributed by atoms with Crippen LogP contribution in [-0.2, 0) is 0 Å². The van der Waals surface area contributed by atoms with Crippen molar-refractivity contribution in [3.8, 4) is 0 Å². The molecule has 0 spiro atoms. The second kappa shape index (κ2) is 7.22. The first-order chi connectivity index (χ1) is 10.1. The number of anilines is 2. The number of rotatable bonds is 5. The smallest absolute Gasteiger partial charge is 0.259 e. The molecule has 0 saturated heterocycles. The summed E-state index contributed by atoms with van der Waals surface area (Å²) >= 11 is 3.42. The molecule has 1 amide bonds. The molecule has 1 heterocycles. The van der Waals surface area contributed by atoms with E-state index in [4.69, 9.17) is 0 Å². The highest BCUT2D eigenvalue weighted by Gasteiger charge is 2.12. The van der Waals surface area contributed by atoms with Crippen molar-refractivity contribution in [2.45, 2.75) is 20.3 Å². The summed E-state index contributed by atoms with van der Waals surface area (Å²) in [6, 6.07) is 7.61. The lowest BCUT2D eigenvalue weighted by atomic mass is 10.1. The predicted molar refractivity (Wildman–Crippen MR) is 89.8 cm³/mol. The number of aromatic nitrogens is 1. The zero-order valence-corrected chi connectivity index (χ0v) is 13.7. The molecule has 21 heavy (non-hydrogen) atoms. The van der Waals surface area contributed by atoms with Gasteiger partial charge in [0, 0.05) is 29.1 Å². The van der Waals surface area contributed by atoms with E-state index >= 15 is 0 Å². The predicted octanol–water partition coefficient (Wildman–Crippen LogP) is 4.23. The van der Waals surface area contributed by atoms with Crippen LogP contribution in [0.5, 0.6) is 0 Å². The minimum atomic E-state index is -0.164. The molecule has 0 radical (unpaired) electrons. The van der Waals surface area contributed by atoms with Crippen molar-refractivity contribution in [1.29, 1.82) is 0 Å². The molecule has 2 N–H and O–H groups in total. The van der Waals surface area contributed by atoms with Crippen molar-refractivity contribution in [1.82, 2.24) is 4.98 Å². The van der Waals surface area contributed by atoms with Crippen LogP contribution < -0.4 is 10.6 Å². The zero-order valence-electron chi connectivity index (χ0n) is 12.1. The summed E-state index contributed by atoms with van der Waals surface area (Å²) in [5, 5.41) is 6.18. The molecule has 1 aromatic heterocycles. The summed E-state index contributed by atoms with van der Waals surface area (Å²) < 4.78 is 0.930. The molecule has 0 unspecified atom stereocenters. The van der Waals surface area contributed by atoms with Gasteiger partial charge in [-0.05, 0) is 37.1 Å². The Kier molecular flexibility index (Phi) is 5.33. The van der Waals surface area contributed by atoms with E-state index in [9.17, 15) is 4.79 Å². The molecule has 0 aliphatic rings. The fraction of sp³-hybridized carbons (Fsp3) is 0.250. The van der Waals surface area contributed by atoms with Crippen LogP contribution in [0.1, 0.15) is 29.3 Å². The average molecular weight is 348 g/mol. The number of carbonyl (C=O) groups is 1. The van der Waals surface area contributed by atoms with E-state index in [0.29, 0.717) is 5.56 Å². The van der Waals surface area contributed by atoms with Gasteiger partial charge in [-0.25, -0.2) is 0 Å². The molecule has 0 fully saturated rings. The van der Waals surface area contributed by atoms with Gasteiger partial charge in [0.1, 0.15) is 0 Å². The van der Waals surface area contributed by atoms with E-state index in [-0.39, 0.29) is 5.91 Å². The number of halogens is 1. The van der Waals surface area contributed by atoms with Crippen LogP contribution in [0.4, 0.5) is 11.4 Å². The number of nitrogens with one attached hydrogen (secondary N) is 2. The first-order valence-electron chi connectivity index (χ1n) is 6.87. The van der Waals surface area contributed by atoms with Crippen molar-refractivity contribution in [3.63, 3.8) is 0 Å². The third-order valence-electron chi connectivity index (χ3n) is 3.08. The molecule has 1 aromatic carbocycles. The maximum absolute atomic E-state index is 12.5. The second-order valence-corrected chi connectivity index (χ2v) is 5.68. The number of nitrogens with zero attached hydrogens (tertiary/aromatic N) is 1. The Labute approximate surface area is 133 Å². The SMILES string of the molecule is CCCNc1ccncc1C(=O)Nc1cc(Br)ccc1C. The van der Waals surface area contributed by atoms with Crippen LogP contribution in [0.15, 0.2) is 41.1 Å². The van der Waals surface area contributed by atoms with Crippen molar-refractivity contribution in [3.05, 3.63) is 52.3 Å². The standard InChI is InChI=1S/C16H18BrN3O/c1-3-7-19-14-6-8-18-10-13(14)16(21)20-15-9-12(17)5-4-11(15)2/h4-6,8-10H,3,7H2,1-2H3,(H,18,19)(H,20,21). The third-order valence-corrected chi connectivity index (χ3v) is 3.57. The maximum atomic E-state index is 12.5. The molecule has 0 aliphatic heterocycles. The van der Waals surface area contributed by atoms with Gasteiger partial charge < -0.3 is 10.6 Å². The number of benzene rings is 1. The maximum Gasteiger partial charge on any atom is 0.259 e. The quantitative estimate of drug-likeness (QED) is 0.850. The normalized spacial score (nSPS) is 10.2. The molecular formula is C16H18BrN3O. The highest BCUT2D eigenvalue weighted by Crippen LogP contribution is 2.22. The summed E-state index contributed by atoms with van der Waals surface area (Å²) in [6.45, 7) is 4.86. The molecule has 2 rings (SSSR count). The van der Waals surface area contributed by atoms with Gasteiger partial charge in [-0.1, -0.05) is 28.9 Å². The summed E-state index contributed by atoms with van der Waals surface area (Å²) in [4.78, 5) is 16.5. The fourth-order valence-corrected chi connectivity index (χ4v) is 2.27. The molecule has 0 bridgehead atoms. The molecule has 5 heteroatoms. The highest BCUT2D eigenvalue weighted by molar-refractivity contribution is 9.10. The van der Waals surface area contributed by atoms with E-state index < -0.39 is 0 Å². The monoisotopic (exact) mass is 347 g/mol. The Morgan fingerprint density at radius 3 is 2.86 bits per heavy atom. The number of hydrogen-bond donors (Lipinski definition) is 2. The minimum absolute atomic E-state index is 0.164. The number of pyridine rings is 1. The number of amides is 1. The molecular weight excluding hydrogens is 330 g/mol. The second-order valence-electron chi connectivity index (χ2n) is 4.76. The molecule has 0 saturated carbocycles. The lowest BCUT2D eigenvalue weighted by Gasteiger charge is -2.12. The fourth-order valence-electron chi connectivity index (χ4n) is 1.91. The van der Waals surface area contributed by atoms with Crippen molar-refractivity contribution in [2.75, 3.05) is 17.2 Å². The number of hydrogen-bond acceptors (Lipinski definition) is 3. The first-order valence-corrected chi connectivity index (χ1v) is 7.66. The van der Waals surface area contributed by atoms with Gasteiger partial charge in [-0.15, -0.1) is 0 Å².